The summed E-state index contributed by atoms with van der Waals surface area (Å²) in [7, 11) is 0. The molecule has 2 aromatic rings. The van der Waals surface area contributed by atoms with Gasteiger partial charge in [-0.1, -0.05) is 30.3 Å². The Balaban J connectivity index is 1.46. The smallest absolute Gasteiger partial charge is 0.0955 e. The molecule has 0 aliphatic heterocycles. The first-order valence-corrected chi connectivity index (χ1v) is 7.84. The molecule has 1 aliphatic carbocycles. The van der Waals surface area contributed by atoms with Crippen LogP contribution in [0, 0.1) is 0 Å². The zero-order valence-corrected chi connectivity index (χ0v) is 11.8. The van der Waals surface area contributed by atoms with Gasteiger partial charge < -0.3 is 4.74 Å². The second-order valence-corrected chi connectivity index (χ2v) is 6.07. The van der Waals surface area contributed by atoms with Gasteiger partial charge in [-0.3, -0.25) is 0 Å². The molecule has 3 heteroatoms. The molecule has 1 saturated carbocycles. The maximum Gasteiger partial charge on any atom is 0.0955 e. The predicted molar refractivity (Wildman–Crippen MR) is 78.3 cm³/mol. The lowest BCUT2D eigenvalue weighted by Crippen LogP contribution is -2.20. The molecule has 0 atom stereocenters. The van der Waals surface area contributed by atoms with Crippen molar-refractivity contribution in [1.82, 2.24) is 4.98 Å². The highest BCUT2D eigenvalue weighted by Crippen LogP contribution is 2.35. The largest absolute Gasteiger partial charge is 0.374 e. The zero-order chi connectivity index (χ0) is 12.9. The van der Waals surface area contributed by atoms with Crippen molar-refractivity contribution in [3.05, 3.63) is 52.5 Å². The van der Waals surface area contributed by atoms with Crippen LogP contribution in [-0.4, -0.2) is 11.1 Å². The molecule has 100 valence electrons. The van der Waals surface area contributed by atoms with Crippen LogP contribution in [0.5, 0.6) is 0 Å². The van der Waals surface area contributed by atoms with Gasteiger partial charge >= 0.3 is 0 Å². The minimum atomic E-state index is 0.427. The van der Waals surface area contributed by atoms with Gasteiger partial charge in [-0.05, 0) is 31.2 Å². The first-order chi connectivity index (χ1) is 9.42. The minimum absolute atomic E-state index is 0.427. The first-order valence-electron chi connectivity index (χ1n) is 6.97. The van der Waals surface area contributed by atoms with Gasteiger partial charge in [0.05, 0.1) is 17.7 Å². The second-order valence-electron chi connectivity index (χ2n) is 5.14. The van der Waals surface area contributed by atoms with E-state index in [0.717, 1.165) is 19.4 Å². The standard InChI is InChI=1S/C16H19NOS/c1-2-4-13(5-3-1)12-18-15-8-6-14(7-9-15)16-17-10-11-19-16/h1-5,10-11,14-15H,6-9,12H2. The number of nitrogens with zero attached hydrogens (tertiary/aromatic N) is 1. The van der Waals surface area contributed by atoms with Gasteiger partial charge in [0, 0.05) is 17.5 Å². The predicted octanol–water partition coefficient (Wildman–Crippen LogP) is 4.39. The molecule has 0 spiro atoms. The molecule has 0 bridgehead atoms. The summed E-state index contributed by atoms with van der Waals surface area (Å²) in [5.41, 5.74) is 1.27. The van der Waals surface area contributed by atoms with E-state index in [9.17, 15) is 0 Å². The summed E-state index contributed by atoms with van der Waals surface area (Å²) in [5, 5.41) is 3.38. The molecule has 2 nitrogen and oxygen atoms in total. The lowest BCUT2D eigenvalue weighted by Gasteiger charge is -2.27. The van der Waals surface area contributed by atoms with Crippen LogP contribution in [0.25, 0.3) is 0 Å². The van der Waals surface area contributed by atoms with Gasteiger partial charge in [-0.2, -0.15) is 0 Å². The second kappa shape index (κ2) is 6.31. The number of hydrogen-bond acceptors (Lipinski definition) is 3. The van der Waals surface area contributed by atoms with E-state index in [1.165, 1.54) is 23.4 Å². The highest BCUT2D eigenvalue weighted by Gasteiger charge is 2.24. The first kappa shape index (κ1) is 12.8. The molecule has 0 amide bonds. The minimum Gasteiger partial charge on any atom is -0.374 e. The Morgan fingerprint density at radius 3 is 2.58 bits per heavy atom. The van der Waals surface area contributed by atoms with Crippen LogP contribution in [0.4, 0.5) is 0 Å². The van der Waals surface area contributed by atoms with Crippen LogP contribution in [0.3, 0.4) is 0 Å². The highest BCUT2D eigenvalue weighted by atomic mass is 32.1. The lowest BCUT2D eigenvalue weighted by molar-refractivity contribution is 0.0133. The van der Waals surface area contributed by atoms with E-state index in [1.54, 1.807) is 11.3 Å². The lowest BCUT2D eigenvalue weighted by atomic mass is 9.88. The maximum atomic E-state index is 6.02. The van der Waals surface area contributed by atoms with Crippen molar-refractivity contribution in [3.63, 3.8) is 0 Å². The Kier molecular flexibility index (Phi) is 4.26. The van der Waals surface area contributed by atoms with Crippen molar-refractivity contribution in [2.24, 2.45) is 0 Å². The highest BCUT2D eigenvalue weighted by molar-refractivity contribution is 7.09. The van der Waals surface area contributed by atoms with Gasteiger partial charge in [-0.25, -0.2) is 4.98 Å². The zero-order valence-electron chi connectivity index (χ0n) is 11.0. The van der Waals surface area contributed by atoms with E-state index in [4.69, 9.17) is 4.74 Å². The van der Waals surface area contributed by atoms with Crippen LogP contribution >= 0.6 is 11.3 Å². The Morgan fingerprint density at radius 1 is 1.11 bits per heavy atom. The van der Waals surface area contributed by atoms with E-state index in [0.29, 0.717) is 12.0 Å². The molecule has 3 rings (SSSR count). The fourth-order valence-electron chi connectivity index (χ4n) is 2.70. The number of hydrogen-bond donors (Lipinski definition) is 0. The van der Waals surface area contributed by atoms with E-state index in [-0.39, 0.29) is 0 Å². The SMILES string of the molecule is c1ccc(COC2CCC(c3nccs3)CC2)cc1. The van der Waals surface area contributed by atoms with E-state index < -0.39 is 0 Å². The summed E-state index contributed by atoms with van der Waals surface area (Å²) < 4.78 is 6.02. The maximum absolute atomic E-state index is 6.02. The summed E-state index contributed by atoms with van der Waals surface area (Å²) in [6, 6.07) is 10.4. The average molecular weight is 273 g/mol. The Morgan fingerprint density at radius 2 is 1.89 bits per heavy atom. The third-order valence-corrected chi connectivity index (χ3v) is 4.74. The van der Waals surface area contributed by atoms with Crippen LogP contribution < -0.4 is 0 Å². The van der Waals surface area contributed by atoms with Gasteiger partial charge in [0.2, 0.25) is 0 Å². The summed E-state index contributed by atoms with van der Waals surface area (Å²) in [6.45, 7) is 0.743. The summed E-state index contributed by atoms with van der Waals surface area (Å²) in [4.78, 5) is 4.44. The van der Waals surface area contributed by atoms with Gasteiger partial charge in [0.1, 0.15) is 0 Å². The van der Waals surface area contributed by atoms with Crippen molar-refractivity contribution < 1.29 is 4.74 Å². The monoisotopic (exact) mass is 273 g/mol. The molecule has 1 aromatic carbocycles. The quantitative estimate of drug-likeness (QED) is 0.824. The third kappa shape index (κ3) is 3.43. The van der Waals surface area contributed by atoms with Crippen LogP contribution in [0.1, 0.15) is 42.2 Å². The topological polar surface area (TPSA) is 22.1 Å². The molecular formula is C16H19NOS. The molecule has 0 radical (unpaired) electrons. The summed E-state index contributed by atoms with van der Waals surface area (Å²) >= 11 is 1.79. The fraction of sp³-hybridized carbons (Fsp3) is 0.438. The average Bonchev–Trinajstić information content (AvgIpc) is 3.01. The van der Waals surface area contributed by atoms with E-state index in [2.05, 4.69) is 34.6 Å². The molecule has 0 saturated heterocycles. The molecule has 19 heavy (non-hydrogen) atoms. The fourth-order valence-corrected chi connectivity index (χ4v) is 3.51. The van der Waals surface area contributed by atoms with E-state index in [1.807, 2.05) is 12.3 Å². The molecule has 1 aliphatic rings. The Hall–Kier alpha value is -1.19. The van der Waals surface area contributed by atoms with Crippen molar-refractivity contribution in [2.75, 3.05) is 0 Å². The van der Waals surface area contributed by atoms with Crippen molar-refractivity contribution in [3.8, 4) is 0 Å². The molecule has 0 N–H and O–H groups in total. The van der Waals surface area contributed by atoms with Crippen LogP contribution in [0.15, 0.2) is 41.9 Å². The molecular weight excluding hydrogens is 254 g/mol. The number of ether oxygens (including phenoxy) is 1. The molecule has 0 unspecified atom stereocenters. The van der Waals surface area contributed by atoms with Gasteiger partial charge in [-0.15, -0.1) is 11.3 Å². The van der Waals surface area contributed by atoms with Gasteiger partial charge in [0.15, 0.2) is 0 Å². The number of rotatable bonds is 4. The van der Waals surface area contributed by atoms with Gasteiger partial charge in [0.25, 0.3) is 0 Å². The number of aromatic nitrogens is 1. The number of thiazole rings is 1. The van der Waals surface area contributed by atoms with E-state index >= 15 is 0 Å². The Bertz CT molecular complexity index is 475. The van der Waals surface area contributed by atoms with Crippen molar-refractivity contribution in [2.45, 2.75) is 44.3 Å². The molecule has 1 aromatic heterocycles. The number of benzene rings is 1. The summed E-state index contributed by atoms with van der Waals surface area (Å²) in [6.07, 6.45) is 7.10. The van der Waals surface area contributed by atoms with Crippen molar-refractivity contribution in [1.29, 1.82) is 0 Å². The van der Waals surface area contributed by atoms with Crippen LogP contribution in [-0.2, 0) is 11.3 Å². The van der Waals surface area contributed by atoms with Crippen LogP contribution in [0.2, 0.25) is 0 Å². The normalized spacial score (nSPS) is 23.4. The summed E-state index contributed by atoms with van der Waals surface area (Å²) in [5.74, 6) is 0.663. The molecule has 1 heterocycles. The Labute approximate surface area is 118 Å². The third-order valence-electron chi connectivity index (χ3n) is 3.80. The molecule has 1 fully saturated rings. The van der Waals surface area contributed by atoms with Crippen molar-refractivity contribution >= 4 is 11.3 Å².